The van der Waals surface area contributed by atoms with Crippen LogP contribution in [0.25, 0.3) is 0 Å². The number of thiophene rings is 1. The van der Waals surface area contributed by atoms with Gasteiger partial charge in [0.05, 0.1) is 10.6 Å². The number of H-pyrrole nitrogens is 1. The van der Waals surface area contributed by atoms with Crippen molar-refractivity contribution in [2.75, 3.05) is 0 Å². The molecule has 0 unspecified atom stereocenters. The highest BCUT2D eigenvalue weighted by molar-refractivity contribution is 7.12. The topological polar surface area (TPSA) is 32.9 Å². The molecule has 0 radical (unpaired) electrons. The van der Waals surface area contributed by atoms with Gasteiger partial charge >= 0.3 is 0 Å². The van der Waals surface area contributed by atoms with Crippen LogP contribution in [-0.4, -0.2) is 10.8 Å². The van der Waals surface area contributed by atoms with Crippen molar-refractivity contribution in [3.05, 3.63) is 45.4 Å². The molecule has 0 spiro atoms. The first-order chi connectivity index (χ1) is 6.70. The van der Waals surface area contributed by atoms with Crippen LogP contribution in [0.3, 0.4) is 0 Å². The Morgan fingerprint density at radius 2 is 2.21 bits per heavy atom. The second kappa shape index (κ2) is 3.42. The molecule has 0 amide bonds. The first-order valence-corrected chi connectivity index (χ1v) is 5.31. The van der Waals surface area contributed by atoms with E-state index < -0.39 is 0 Å². The van der Waals surface area contributed by atoms with E-state index in [1.807, 2.05) is 37.6 Å². The Labute approximate surface area is 86.6 Å². The van der Waals surface area contributed by atoms with Gasteiger partial charge in [-0.2, -0.15) is 0 Å². The quantitative estimate of drug-likeness (QED) is 0.751. The molecule has 2 rings (SSSR count). The monoisotopic (exact) mass is 205 g/mol. The second-order valence-electron chi connectivity index (χ2n) is 3.28. The van der Waals surface area contributed by atoms with Gasteiger partial charge in [0.2, 0.25) is 5.78 Å². The molecular formula is C11H11NOS. The molecule has 14 heavy (non-hydrogen) atoms. The maximum absolute atomic E-state index is 11.9. The van der Waals surface area contributed by atoms with Crippen molar-refractivity contribution < 1.29 is 4.79 Å². The zero-order valence-corrected chi connectivity index (χ0v) is 8.94. The largest absolute Gasteiger partial charge is 0.358 e. The van der Waals surface area contributed by atoms with Crippen LogP contribution in [-0.2, 0) is 0 Å². The van der Waals surface area contributed by atoms with Crippen LogP contribution in [0.15, 0.2) is 23.7 Å². The average Bonchev–Trinajstić information content (AvgIpc) is 2.77. The number of carbonyl (C=O) groups is 1. The van der Waals surface area contributed by atoms with Gasteiger partial charge in [-0.05, 0) is 36.4 Å². The molecular weight excluding hydrogens is 194 g/mol. The summed E-state index contributed by atoms with van der Waals surface area (Å²) in [4.78, 5) is 15.7. The molecule has 0 saturated carbocycles. The number of hydrogen-bond donors (Lipinski definition) is 1. The second-order valence-corrected chi connectivity index (χ2v) is 4.23. The SMILES string of the molecule is Cc1c[nH]c(C(=O)c2cccs2)c1C. The normalized spacial score (nSPS) is 10.4. The van der Waals surface area contributed by atoms with E-state index in [4.69, 9.17) is 0 Å². The highest BCUT2D eigenvalue weighted by Crippen LogP contribution is 2.18. The Kier molecular flexibility index (Phi) is 2.25. The van der Waals surface area contributed by atoms with Gasteiger partial charge in [0.25, 0.3) is 0 Å². The van der Waals surface area contributed by atoms with Crippen LogP contribution in [0.4, 0.5) is 0 Å². The Hall–Kier alpha value is -1.35. The summed E-state index contributed by atoms with van der Waals surface area (Å²) in [6.07, 6.45) is 1.87. The lowest BCUT2D eigenvalue weighted by Gasteiger charge is -1.96. The predicted octanol–water partition coefficient (Wildman–Crippen LogP) is 2.92. The van der Waals surface area contributed by atoms with Gasteiger partial charge < -0.3 is 4.98 Å². The summed E-state index contributed by atoms with van der Waals surface area (Å²) in [7, 11) is 0. The van der Waals surface area contributed by atoms with Crippen molar-refractivity contribution >= 4 is 17.1 Å². The van der Waals surface area contributed by atoms with Crippen molar-refractivity contribution in [1.82, 2.24) is 4.98 Å². The van der Waals surface area contributed by atoms with E-state index in [0.29, 0.717) is 5.69 Å². The van der Waals surface area contributed by atoms with Gasteiger partial charge in [-0.15, -0.1) is 11.3 Å². The number of aromatic amines is 1. The van der Waals surface area contributed by atoms with E-state index in [1.54, 1.807) is 0 Å². The van der Waals surface area contributed by atoms with E-state index in [1.165, 1.54) is 11.3 Å². The zero-order chi connectivity index (χ0) is 10.1. The first kappa shape index (κ1) is 9.21. The standard InChI is InChI=1S/C11H11NOS/c1-7-6-12-10(8(7)2)11(13)9-4-3-5-14-9/h3-6,12H,1-2H3. The van der Waals surface area contributed by atoms with Crippen LogP contribution in [0.1, 0.15) is 26.5 Å². The summed E-state index contributed by atoms with van der Waals surface area (Å²) >= 11 is 1.47. The van der Waals surface area contributed by atoms with E-state index >= 15 is 0 Å². The van der Waals surface area contributed by atoms with Gasteiger partial charge in [-0.25, -0.2) is 0 Å². The molecule has 2 nitrogen and oxygen atoms in total. The molecule has 2 aromatic rings. The average molecular weight is 205 g/mol. The molecule has 0 fully saturated rings. The fraction of sp³-hybridized carbons (Fsp3) is 0.182. The van der Waals surface area contributed by atoms with Crippen LogP contribution in [0.2, 0.25) is 0 Å². The number of ketones is 1. The van der Waals surface area contributed by atoms with Crippen molar-refractivity contribution in [2.45, 2.75) is 13.8 Å². The number of hydrogen-bond acceptors (Lipinski definition) is 2. The van der Waals surface area contributed by atoms with E-state index in [0.717, 1.165) is 16.0 Å². The minimum atomic E-state index is 0.0885. The molecule has 0 saturated heterocycles. The molecule has 0 aromatic carbocycles. The summed E-state index contributed by atoms with van der Waals surface area (Å²) in [5.41, 5.74) is 2.89. The molecule has 0 aliphatic rings. The molecule has 2 aromatic heterocycles. The zero-order valence-electron chi connectivity index (χ0n) is 8.13. The van der Waals surface area contributed by atoms with Gasteiger partial charge in [-0.1, -0.05) is 6.07 Å². The first-order valence-electron chi connectivity index (χ1n) is 4.43. The van der Waals surface area contributed by atoms with E-state index in [2.05, 4.69) is 4.98 Å². The fourth-order valence-electron chi connectivity index (χ4n) is 1.36. The number of nitrogens with one attached hydrogen (secondary N) is 1. The molecule has 0 aliphatic carbocycles. The Morgan fingerprint density at radius 3 is 2.71 bits per heavy atom. The fourth-order valence-corrected chi connectivity index (χ4v) is 2.03. The lowest BCUT2D eigenvalue weighted by molar-refractivity contribution is 0.103. The highest BCUT2D eigenvalue weighted by atomic mass is 32.1. The van der Waals surface area contributed by atoms with Gasteiger partial charge in [-0.3, -0.25) is 4.79 Å². The highest BCUT2D eigenvalue weighted by Gasteiger charge is 2.14. The third-order valence-electron chi connectivity index (χ3n) is 2.37. The van der Waals surface area contributed by atoms with Crippen LogP contribution < -0.4 is 0 Å². The van der Waals surface area contributed by atoms with Crippen LogP contribution >= 0.6 is 11.3 Å². The molecule has 3 heteroatoms. The summed E-state index contributed by atoms with van der Waals surface area (Å²) in [5, 5.41) is 1.92. The van der Waals surface area contributed by atoms with Gasteiger partial charge in [0, 0.05) is 6.20 Å². The molecule has 1 N–H and O–H groups in total. The summed E-state index contributed by atoms with van der Waals surface area (Å²) < 4.78 is 0. The molecule has 72 valence electrons. The van der Waals surface area contributed by atoms with Crippen LogP contribution in [0.5, 0.6) is 0 Å². The minimum Gasteiger partial charge on any atom is -0.358 e. The maximum atomic E-state index is 11.9. The number of carbonyl (C=O) groups excluding carboxylic acids is 1. The molecule has 0 aliphatic heterocycles. The predicted molar refractivity (Wildman–Crippen MR) is 58.0 cm³/mol. The van der Waals surface area contributed by atoms with Crippen molar-refractivity contribution in [2.24, 2.45) is 0 Å². The summed E-state index contributed by atoms with van der Waals surface area (Å²) in [6.45, 7) is 3.96. The Bertz CT molecular complexity index is 454. The molecule has 0 bridgehead atoms. The lowest BCUT2D eigenvalue weighted by atomic mass is 10.1. The van der Waals surface area contributed by atoms with E-state index in [9.17, 15) is 4.79 Å². The van der Waals surface area contributed by atoms with Gasteiger partial charge in [0.1, 0.15) is 0 Å². The summed E-state index contributed by atoms with van der Waals surface area (Å²) in [6, 6.07) is 3.74. The van der Waals surface area contributed by atoms with E-state index in [-0.39, 0.29) is 5.78 Å². The van der Waals surface area contributed by atoms with Gasteiger partial charge in [0.15, 0.2) is 0 Å². The third kappa shape index (κ3) is 1.40. The van der Waals surface area contributed by atoms with Crippen molar-refractivity contribution in [3.8, 4) is 0 Å². The van der Waals surface area contributed by atoms with Crippen LogP contribution in [0, 0.1) is 13.8 Å². The molecule has 0 atom stereocenters. The number of aromatic nitrogens is 1. The molecule has 2 heterocycles. The maximum Gasteiger partial charge on any atom is 0.219 e. The Balaban J connectivity index is 2.42. The van der Waals surface area contributed by atoms with Crippen molar-refractivity contribution in [3.63, 3.8) is 0 Å². The lowest BCUT2D eigenvalue weighted by Crippen LogP contribution is -2.00. The Morgan fingerprint density at radius 1 is 1.43 bits per heavy atom. The minimum absolute atomic E-state index is 0.0885. The smallest absolute Gasteiger partial charge is 0.219 e. The third-order valence-corrected chi connectivity index (χ3v) is 3.24. The van der Waals surface area contributed by atoms with Crippen molar-refractivity contribution in [1.29, 1.82) is 0 Å². The number of aryl methyl sites for hydroxylation is 1. The number of rotatable bonds is 2. The summed E-state index contributed by atoms with van der Waals surface area (Å²) in [5.74, 6) is 0.0885.